The number of allylic oxidation sites excluding steroid dienone is 2. The molecule has 0 saturated carbocycles. The third kappa shape index (κ3) is 9.25. The van der Waals surface area contributed by atoms with Crippen molar-refractivity contribution in [3.8, 4) is 0 Å². The Balaban J connectivity index is 1.52. The minimum Gasteiger partial charge on any atom is -0.489 e. The maximum absolute atomic E-state index is 14.5. The Morgan fingerprint density at radius 2 is 1.35 bits per heavy atom. The largest absolute Gasteiger partial charge is 0.489 e. The average Bonchev–Trinajstić information content (AvgIpc) is 3.66. The first-order valence-corrected chi connectivity index (χ1v) is 18.5. The molecule has 2 aliphatic heterocycles. The fourth-order valence-corrected chi connectivity index (χ4v) is 8.87. The van der Waals surface area contributed by atoms with Crippen LogP contribution in [0.3, 0.4) is 0 Å². The van der Waals surface area contributed by atoms with E-state index < -0.39 is 23.8 Å². The predicted molar refractivity (Wildman–Crippen MR) is 188 cm³/mol. The van der Waals surface area contributed by atoms with Crippen LogP contribution in [0.4, 0.5) is 3.89 Å². The zero-order chi connectivity index (χ0) is 36.4. The summed E-state index contributed by atoms with van der Waals surface area (Å²) in [5.74, 6) is -1.30. The van der Waals surface area contributed by atoms with Gasteiger partial charge in [0.15, 0.2) is 0 Å². The van der Waals surface area contributed by atoms with Crippen molar-refractivity contribution in [1.82, 2.24) is 0 Å². The molecule has 7 atom stereocenters. The van der Waals surface area contributed by atoms with Crippen molar-refractivity contribution >= 4 is 23.7 Å². The normalized spacial score (nSPS) is 26.7. The lowest BCUT2D eigenvalue weighted by atomic mass is 9.64. The fraction of sp³-hybridized carbons (Fsp3) is 0.842. The Morgan fingerprint density at radius 1 is 0.833 bits per heavy atom. The molecule has 0 aromatic rings. The molecule has 0 radical (unpaired) electrons. The molecule has 10 heteroatoms. The number of aliphatic hydroxyl groups excluding tert-OH is 2. The molecule has 48 heavy (non-hydrogen) atoms. The number of methoxy groups -OCH3 is 2. The number of carbonyl (C=O) groups is 2. The summed E-state index contributed by atoms with van der Waals surface area (Å²) in [6.07, 6.45) is 4.21. The van der Waals surface area contributed by atoms with Crippen LogP contribution >= 0.6 is 12.1 Å². The monoisotopic (exact) mass is 698 g/mol. The summed E-state index contributed by atoms with van der Waals surface area (Å²) in [5.41, 5.74) is -0.433. The maximum Gasteiger partial charge on any atom is 0.230 e. The fourth-order valence-electron chi connectivity index (χ4n) is 8.04. The molecule has 2 heterocycles. The number of rotatable bonds is 16. The number of hydrogen-bond donors (Lipinski definition) is 2. The standard InChI is InChI=1S/C38H63FO8S/c1-22-29(31(42)33(45-12)32(44-11)30(22)41)23(40)14-13-19-36(5,6)21-37(7,8)20-28(48-39)26-17-15-24(46-26)25-16-18-27(47-25)34(43)38(9,10)35(2,3)4/h23-28,34,40,43H,13-21H2,1-12H3/t23?,24?,25-,26-,27?,28?,34?/m1/s1. The highest BCUT2D eigenvalue weighted by molar-refractivity contribution is 7.95. The van der Waals surface area contributed by atoms with Gasteiger partial charge < -0.3 is 29.2 Å². The van der Waals surface area contributed by atoms with Gasteiger partial charge in [0.05, 0.1) is 68.2 Å². The highest BCUT2D eigenvalue weighted by atomic mass is 32.2. The van der Waals surface area contributed by atoms with E-state index in [-0.39, 0.29) is 74.0 Å². The van der Waals surface area contributed by atoms with E-state index in [1.54, 1.807) is 0 Å². The molecule has 2 N–H and O–H groups in total. The number of carbonyl (C=O) groups excluding carboxylic acids is 2. The second-order valence-electron chi connectivity index (χ2n) is 17.5. The van der Waals surface area contributed by atoms with E-state index in [0.29, 0.717) is 31.4 Å². The Morgan fingerprint density at radius 3 is 1.88 bits per heavy atom. The number of hydrogen-bond acceptors (Lipinski definition) is 9. The Kier molecular flexibility index (Phi) is 13.5. The minimum atomic E-state index is -1.10. The van der Waals surface area contributed by atoms with E-state index >= 15 is 0 Å². The van der Waals surface area contributed by atoms with Gasteiger partial charge >= 0.3 is 0 Å². The van der Waals surface area contributed by atoms with E-state index in [2.05, 4.69) is 62.3 Å². The molecule has 3 rings (SSSR count). The Bertz CT molecular complexity index is 1220. The smallest absolute Gasteiger partial charge is 0.230 e. The first-order valence-electron chi connectivity index (χ1n) is 17.7. The molecule has 0 amide bonds. The second kappa shape index (κ2) is 15.8. The molecular formula is C38H63FO8S. The van der Waals surface area contributed by atoms with Gasteiger partial charge in [0.2, 0.25) is 23.1 Å². The molecule has 8 nitrogen and oxygen atoms in total. The van der Waals surface area contributed by atoms with Gasteiger partial charge in [-0.05, 0) is 86.4 Å². The van der Waals surface area contributed by atoms with E-state index in [0.717, 1.165) is 38.5 Å². The summed E-state index contributed by atoms with van der Waals surface area (Å²) in [6.45, 7) is 20.9. The van der Waals surface area contributed by atoms with Crippen LogP contribution in [0.25, 0.3) is 0 Å². The van der Waals surface area contributed by atoms with Crippen LogP contribution < -0.4 is 0 Å². The molecule has 1 aliphatic carbocycles. The van der Waals surface area contributed by atoms with Crippen molar-refractivity contribution in [1.29, 1.82) is 0 Å². The van der Waals surface area contributed by atoms with Crippen LogP contribution in [0.2, 0.25) is 0 Å². The topological polar surface area (TPSA) is 112 Å². The lowest BCUT2D eigenvalue weighted by molar-refractivity contribution is -0.136. The van der Waals surface area contributed by atoms with Gasteiger partial charge in [0, 0.05) is 11.1 Å². The quantitative estimate of drug-likeness (QED) is 0.156. The first-order chi connectivity index (χ1) is 22.1. The molecule has 0 aromatic heterocycles. The van der Waals surface area contributed by atoms with E-state index in [1.165, 1.54) is 21.1 Å². The third-order valence-electron chi connectivity index (χ3n) is 11.5. The number of ether oxygens (including phenoxy) is 4. The molecular weight excluding hydrogens is 635 g/mol. The zero-order valence-corrected chi connectivity index (χ0v) is 32.4. The lowest BCUT2D eigenvalue weighted by Gasteiger charge is -2.44. The molecule has 0 bridgehead atoms. The van der Waals surface area contributed by atoms with Gasteiger partial charge in [-0.2, -0.15) is 3.89 Å². The maximum atomic E-state index is 14.5. The van der Waals surface area contributed by atoms with E-state index in [9.17, 15) is 23.7 Å². The van der Waals surface area contributed by atoms with Crippen LogP contribution in [0.5, 0.6) is 0 Å². The summed E-state index contributed by atoms with van der Waals surface area (Å²) >= 11 is 0.392. The molecule has 5 unspecified atom stereocenters. The zero-order valence-electron chi connectivity index (χ0n) is 31.5. The summed E-state index contributed by atoms with van der Waals surface area (Å²) in [7, 11) is 2.62. The van der Waals surface area contributed by atoms with Gasteiger partial charge in [0.25, 0.3) is 0 Å². The lowest BCUT2D eigenvalue weighted by Crippen LogP contribution is -2.47. The average molecular weight is 699 g/mol. The number of Topliss-reactive ketones (excluding diaryl/α,β-unsaturated/α-hetero) is 2. The minimum absolute atomic E-state index is 0.0666. The van der Waals surface area contributed by atoms with Crippen LogP contribution in [-0.4, -0.2) is 77.9 Å². The predicted octanol–water partition coefficient (Wildman–Crippen LogP) is 7.84. The van der Waals surface area contributed by atoms with Crippen LogP contribution in [0.15, 0.2) is 22.7 Å². The van der Waals surface area contributed by atoms with Crippen molar-refractivity contribution in [2.45, 2.75) is 169 Å². The summed E-state index contributed by atoms with van der Waals surface area (Å²) in [4.78, 5) is 25.8. The Hall–Kier alpha value is -1.46. The summed E-state index contributed by atoms with van der Waals surface area (Å²) in [5, 5.41) is 21.9. The summed E-state index contributed by atoms with van der Waals surface area (Å²) in [6, 6.07) is 0. The summed E-state index contributed by atoms with van der Waals surface area (Å²) < 4.78 is 37.7. The van der Waals surface area contributed by atoms with E-state index in [1.807, 2.05) is 0 Å². The van der Waals surface area contributed by atoms with Crippen molar-refractivity contribution in [3.05, 3.63) is 22.7 Å². The SMILES string of the molecule is COC1=C(OC)C(=O)C(C(O)CCCC(C)(C)CC(C)(C)CC(SF)[C@H]2CCC([C@H]3CCC(C(O)C(C)(C)C(C)(C)C)O3)O2)=C(C)C1=O. The highest BCUT2D eigenvalue weighted by Crippen LogP contribution is 2.47. The first kappa shape index (κ1) is 41.0. The van der Waals surface area contributed by atoms with Crippen LogP contribution in [0, 0.1) is 21.7 Å². The second-order valence-corrected chi connectivity index (χ2v) is 18.3. The van der Waals surface area contributed by atoms with Crippen LogP contribution in [0.1, 0.15) is 127 Å². The molecule has 0 aromatic carbocycles. The number of aliphatic hydroxyl groups is 2. The molecule has 2 saturated heterocycles. The van der Waals surface area contributed by atoms with Gasteiger partial charge in [-0.3, -0.25) is 9.59 Å². The number of ketones is 2. The van der Waals surface area contributed by atoms with Gasteiger partial charge in [0.1, 0.15) is 0 Å². The van der Waals surface area contributed by atoms with Gasteiger partial charge in [-0.15, -0.1) is 0 Å². The third-order valence-corrected chi connectivity index (χ3v) is 12.2. The van der Waals surface area contributed by atoms with Crippen LogP contribution in [-0.2, 0) is 28.5 Å². The van der Waals surface area contributed by atoms with Crippen molar-refractivity contribution < 1.29 is 42.6 Å². The molecule has 0 spiro atoms. The van der Waals surface area contributed by atoms with Crippen molar-refractivity contribution in [3.63, 3.8) is 0 Å². The molecule has 2 fully saturated rings. The molecule has 3 aliphatic rings. The molecule has 276 valence electrons. The number of halogens is 1. The van der Waals surface area contributed by atoms with E-state index in [4.69, 9.17) is 18.9 Å². The van der Waals surface area contributed by atoms with Gasteiger partial charge in [-0.25, -0.2) is 0 Å². The van der Waals surface area contributed by atoms with Gasteiger partial charge in [-0.1, -0.05) is 62.3 Å². The van der Waals surface area contributed by atoms with Crippen molar-refractivity contribution in [2.24, 2.45) is 21.7 Å². The Labute approximate surface area is 293 Å². The van der Waals surface area contributed by atoms with Crippen molar-refractivity contribution in [2.75, 3.05) is 14.2 Å². The highest BCUT2D eigenvalue weighted by Gasteiger charge is 2.48.